The molecule has 1 aliphatic carbocycles. The Morgan fingerprint density at radius 1 is 1.23 bits per heavy atom. The number of carbonyl (C=O) groups is 1. The third-order valence-electron chi connectivity index (χ3n) is 4.12. The summed E-state index contributed by atoms with van der Waals surface area (Å²) in [7, 11) is 0. The van der Waals surface area contributed by atoms with Crippen molar-refractivity contribution in [3.05, 3.63) is 41.3 Å². The minimum atomic E-state index is 0.191. The molecular weight excluding hydrogens is 344 g/mol. The van der Waals surface area contributed by atoms with Gasteiger partial charge in [-0.15, -0.1) is 0 Å². The van der Waals surface area contributed by atoms with Crippen molar-refractivity contribution in [1.82, 2.24) is 19.7 Å². The van der Waals surface area contributed by atoms with Crippen LogP contribution in [0.2, 0.25) is 0 Å². The average molecular weight is 357 g/mol. The number of fused-ring (bicyclic) bond motifs is 1. The molecule has 5 nitrogen and oxygen atoms in total. The second kappa shape index (κ2) is 5.28. The number of aldehydes is 1. The van der Waals surface area contributed by atoms with E-state index in [9.17, 15) is 4.79 Å². The fourth-order valence-electron chi connectivity index (χ4n) is 2.75. The van der Waals surface area contributed by atoms with Crippen LogP contribution >= 0.6 is 15.9 Å². The first-order valence-corrected chi connectivity index (χ1v) is 7.94. The maximum Gasteiger partial charge on any atom is 0.123 e. The van der Waals surface area contributed by atoms with Crippen molar-refractivity contribution in [2.75, 3.05) is 0 Å². The molecule has 1 fully saturated rings. The van der Waals surface area contributed by atoms with E-state index in [1.54, 1.807) is 6.20 Å². The molecule has 22 heavy (non-hydrogen) atoms. The second-order valence-corrected chi connectivity index (χ2v) is 6.53. The van der Waals surface area contributed by atoms with Crippen LogP contribution in [0.25, 0.3) is 22.3 Å². The molecule has 6 heteroatoms. The number of aromatic nitrogens is 4. The van der Waals surface area contributed by atoms with Crippen LogP contribution in [0.5, 0.6) is 0 Å². The molecule has 0 atom stereocenters. The zero-order chi connectivity index (χ0) is 15.1. The first-order chi connectivity index (χ1) is 10.7. The van der Waals surface area contributed by atoms with E-state index in [-0.39, 0.29) is 5.92 Å². The van der Waals surface area contributed by atoms with E-state index in [1.165, 1.54) is 0 Å². The fourth-order valence-corrected chi connectivity index (χ4v) is 3.10. The SMILES string of the molecule is O=C[C@H]1C[C@H](n2cc(-c3cnc4cc(Br)ccc4n3)cn2)C1. The van der Waals surface area contributed by atoms with Crippen molar-refractivity contribution < 1.29 is 4.79 Å². The normalized spacial score (nSPS) is 20.8. The average Bonchev–Trinajstić information content (AvgIpc) is 2.95. The lowest BCUT2D eigenvalue weighted by Crippen LogP contribution is -2.27. The molecule has 1 aliphatic rings. The van der Waals surface area contributed by atoms with E-state index < -0.39 is 0 Å². The molecule has 0 unspecified atom stereocenters. The molecule has 0 radical (unpaired) electrons. The van der Waals surface area contributed by atoms with Gasteiger partial charge in [-0.05, 0) is 31.0 Å². The van der Waals surface area contributed by atoms with Crippen LogP contribution in [-0.4, -0.2) is 26.0 Å². The first kappa shape index (κ1) is 13.6. The minimum Gasteiger partial charge on any atom is -0.303 e. The quantitative estimate of drug-likeness (QED) is 0.674. The van der Waals surface area contributed by atoms with Crippen LogP contribution in [0.3, 0.4) is 0 Å². The van der Waals surface area contributed by atoms with E-state index in [2.05, 4.69) is 31.0 Å². The first-order valence-electron chi connectivity index (χ1n) is 7.15. The topological polar surface area (TPSA) is 60.7 Å². The van der Waals surface area contributed by atoms with E-state index in [1.807, 2.05) is 35.3 Å². The van der Waals surface area contributed by atoms with Crippen molar-refractivity contribution in [2.45, 2.75) is 18.9 Å². The van der Waals surface area contributed by atoms with E-state index in [0.717, 1.165) is 45.9 Å². The molecular formula is C16H13BrN4O. The maximum atomic E-state index is 10.7. The molecule has 3 aromatic rings. The molecule has 110 valence electrons. The molecule has 1 saturated carbocycles. The Labute approximate surface area is 135 Å². The Kier molecular flexibility index (Phi) is 3.26. The predicted octanol–water partition coefficient (Wildman–Crippen LogP) is 3.41. The number of rotatable bonds is 3. The highest BCUT2D eigenvalue weighted by Gasteiger charge is 2.30. The lowest BCUT2D eigenvalue weighted by atomic mass is 9.81. The Hall–Kier alpha value is -2.08. The van der Waals surface area contributed by atoms with E-state index in [4.69, 9.17) is 0 Å². The van der Waals surface area contributed by atoms with Gasteiger partial charge in [-0.2, -0.15) is 5.10 Å². The van der Waals surface area contributed by atoms with E-state index >= 15 is 0 Å². The lowest BCUT2D eigenvalue weighted by Gasteiger charge is -2.31. The molecule has 2 heterocycles. The van der Waals surface area contributed by atoms with Gasteiger partial charge < -0.3 is 4.79 Å². The molecule has 0 amide bonds. The molecule has 2 aromatic heterocycles. The molecule has 0 saturated heterocycles. The smallest absolute Gasteiger partial charge is 0.123 e. The lowest BCUT2D eigenvalue weighted by molar-refractivity contribution is -0.114. The Balaban J connectivity index is 1.63. The maximum absolute atomic E-state index is 10.7. The van der Waals surface area contributed by atoms with Crippen LogP contribution in [0.15, 0.2) is 41.3 Å². The van der Waals surface area contributed by atoms with Gasteiger partial charge in [-0.25, -0.2) is 4.98 Å². The molecule has 0 spiro atoms. The summed E-state index contributed by atoms with van der Waals surface area (Å²) in [6.45, 7) is 0. The fraction of sp³-hybridized carbons (Fsp3) is 0.250. The summed E-state index contributed by atoms with van der Waals surface area (Å²) in [6.07, 6.45) is 8.35. The molecule has 0 bridgehead atoms. The van der Waals surface area contributed by atoms with Gasteiger partial charge in [0.15, 0.2) is 0 Å². The van der Waals surface area contributed by atoms with Crippen molar-refractivity contribution in [3.63, 3.8) is 0 Å². The van der Waals surface area contributed by atoms with Gasteiger partial charge >= 0.3 is 0 Å². The molecule has 0 N–H and O–H groups in total. The minimum absolute atomic E-state index is 0.191. The van der Waals surface area contributed by atoms with Gasteiger partial charge in [-0.3, -0.25) is 9.67 Å². The Bertz CT molecular complexity index is 854. The van der Waals surface area contributed by atoms with Crippen molar-refractivity contribution in [1.29, 1.82) is 0 Å². The summed E-state index contributed by atoms with van der Waals surface area (Å²) in [5.74, 6) is 0.191. The van der Waals surface area contributed by atoms with Crippen LogP contribution in [0.4, 0.5) is 0 Å². The van der Waals surface area contributed by atoms with Crippen LogP contribution in [-0.2, 0) is 4.79 Å². The summed E-state index contributed by atoms with van der Waals surface area (Å²) >= 11 is 3.43. The predicted molar refractivity (Wildman–Crippen MR) is 86.3 cm³/mol. The van der Waals surface area contributed by atoms with Crippen molar-refractivity contribution in [2.24, 2.45) is 5.92 Å². The highest BCUT2D eigenvalue weighted by Crippen LogP contribution is 2.36. The zero-order valence-electron chi connectivity index (χ0n) is 11.7. The number of carbonyl (C=O) groups excluding carboxylic acids is 1. The van der Waals surface area contributed by atoms with Crippen LogP contribution in [0.1, 0.15) is 18.9 Å². The highest BCUT2D eigenvalue weighted by molar-refractivity contribution is 9.10. The van der Waals surface area contributed by atoms with Gasteiger partial charge in [-0.1, -0.05) is 15.9 Å². The third kappa shape index (κ3) is 2.33. The van der Waals surface area contributed by atoms with Crippen LogP contribution < -0.4 is 0 Å². The molecule has 0 aliphatic heterocycles. The molecule has 4 rings (SSSR count). The zero-order valence-corrected chi connectivity index (χ0v) is 13.3. The van der Waals surface area contributed by atoms with Crippen LogP contribution in [0, 0.1) is 5.92 Å². The van der Waals surface area contributed by atoms with Gasteiger partial charge in [0.25, 0.3) is 0 Å². The van der Waals surface area contributed by atoms with Gasteiger partial charge in [0.1, 0.15) is 6.29 Å². The number of nitrogens with zero attached hydrogens (tertiary/aromatic N) is 4. The summed E-state index contributed by atoms with van der Waals surface area (Å²) in [6, 6.07) is 6.18. The van der Waals surface area contributed by atoms with E-state index in [0.29, 0.717) is 6.04 Å². The summed E-state index contributed by atoms with van der Waals surface area (Å²) in [5.41, 5.74) is 3.48. The van der Waals surface area contributed by atoms with Gasteiger partial charge in [0.2, 0.25) is 0 Å². The monoisotopic (exact) mass is 356 g/mol. The number of benzene rings is 1. The summed E-state index contributed by atoms with van der Waals surface area (Å²) in [5, 5.41) is 4.40. The third-order valence-corrected chi connectivity index (χ3v) is 4.61. The number of hydrogen-bond donors (Lipinski definition) is 0. The summed E-state index contributed by atoms with van der Waals surface area (Å²) < 4.78 is 2.92. The Morgan fingerprint density at radius 3 is 2.91 bits per heavy atom. The number of hydrogen-bond acceptors (Lipinski definition) is 4. The Morgan fingerprint density at radius 2 is 2.09 bits per heavy atom. The highest BCUT2D eigenvalue weighted by atomic mass is 79.9. The number of halogens is 1. The van der Waals surface area contributed by atoms with Gasteiger partial charge in [0.05, 0.1) is 35.2 Å². The standard InChI is InChI=1S/C16H13BrN4O/c17-12-1-2-14-15(5-12)18-7-16(20-14)11-6-19-21(8-11)13-3-10(4-13)9-22/h1-2,5-10,13H,3-4H2/t10-,13-. The largest absolute Gasteiger partial charge is 0.303 e. The van der Waals surface area contributed by atoms with Crippen molar-refractivity contribution >= 4 is 33.2 Å². The summed E-state index contributed by atoms with van der Waals surface area (Å²) in [4.78, 5) is 19.8. The second-order valence-electron chi connectivity index (χ2n) is 5.62. The molecule has 1 aromatic carbocycles. The van der Waals surface area contributed by atoms with Crippen molar-refractivity contribution in [3.8, 4) is 11.3 Å². The van der Waals surface area contributed by atoms with Gasteiger partial charge in [0, 0.05) is 22.2 Å².